The third-order valence-electron chi connectivity index (χ3n) is 4.64. The van der Waals surface area contributed by atoms with Crippen molar-refractivity contribution >= 4 is 11.8 Å². The zero-order valence-electron chi connectivity index (χ0n) is 12.3. The molecule has 0 saturated carbocycles. The van der Waals surface area contributed by atoms with Gasteiger partial charge in [0.05, 0.1) is 0 Å². The molecule has 3 nitrogen and oxygen atoms in total. The van der Waals surface area contributed by atoms with Crippen molar-refractivity contribution in [2.45, 2.75) is 61.9 Å². The van der Waals surface area contributed by atoms with E-state index in [9.17, 15) is 0 Å². The number of nitrogens with zero attached hydrogens (tertiary/aromatic N) is 3. The van der Waals surface area contributed by atoms with Crippen molar-refractivity contribution in [2.75, 3.05) is 0 Å². The van der Waals surface area contributed by atoms with Gasteiger partial charge >= 0.3 is 0 Å². The van der Waals surface area contributed by atoms with Crippen LogP contribution in [0.3, 0.4) is 0 Å². The van der Waals surface area contributed by atoms with Gasteiger partial charge in [-0.25, -0.2) is 0 Å². The van der Waals surface area contributed by atoms with E-state index in [1.165, 1.54) is 55.5 Å². The Morgan fingerprint density at radius 3 is 2.95 bits per heavy atom. The summed E-state index contributed by atoms with van der Waals surface area (Å²) in [5.74, 6) is 1.19. The molecule has 1 aliphatic heterocycles. The highest BCUT2D eigenvalue weighted by atomic mass is 32.2. The summed E-state index contributed by atoms with van der Waals surface area (Å²) in [5.41, 5.74) is 3.04. The lowest BCUT2D eigenvalue weighted by Crippen LogP contribution is -2.09. The van der Waals surface area contributed by atoms with Crippen molar-refractivity contribution in [3.05, 3.63) is 41.2 Å². The molecule has 110 valence electrons. The molecule has 0 unspecified atom stereocenters. The van der Waals surface area contributed by atoms with Gasteiger partial charge in [0.25, 0.3) is 0 Å². The van der Waals surface area contributed by atoms with Crippen LogP contribution in [0.5, 0.6) is 0 Å². The number of thioether (sulfide) groups is 1. The number of aromatic nitrogens is 3. The maximum Gasteiger partial charge on any atom is 0.191 e. The molecule has 4 rings (SSSR count). The van der Waals surface area contributed by atoms with Crippen LogP contribution in [0.25, 0.3) is 0 Å². The van der Waals surface area contributed by atoms with E-state index in [-0.39, 0.29) is 0 Å². The van der Waals surface area contributed by atoms with Crippen LogP contribution in [-0.2, 0) is 19.4 Å². The molecular formula is C17H21N3S. The number of rotatable bonds is 2. The zero-order valence-corrected chi connectivity index (χ0v) is 13.1. The van der Waals surface area contributed by atoms with Gasteiger partial charge in [-0.2, -0.15) is 0 Å². The predicted octanol–water partition coefficient (Wildman–Crippen LogP) is 4.17. The van der Waals surface area contributed by atoms with Crippen LogP contribution in [-0.4, -0.2) is 14.8 Å². The number of hydrogen-bond donors (Lipinski definition) is 0. The van der Waals surface area contributed by atoms with Crippen LogP contribution < -0.4 is 0 Å². The molecular weight excluding hydrogens is 278 g/mol. The summed E-state index contributed by atoms with van der Waals surface area (Å²) in [6.07, 6.45) is 8.70. The number of aryl methyl sites for hydroxylation is 2. The van der Waals surface area contributed by atoms with Crippen LogP contribution in [0.1, 0.15) is 54.3 Å². The molecule has 0 saturated heterocycles. The Bertz CT molecular complexity index is 635. The summed E-state index contributed by atoms with van der Waals surface area (Å²) >= 11 is 1.93. The van der Waals surface area contributed by atoms with Crippen molar-refractivity contribution in [1.29, 1.82) is 0 Å². The van der Waals surface area contributed by atoms with Gasteiger partial charge in [-0.15, -0.1) is 10.2 Å². The molecule has 2 aromatic rings. The van der Waals surface area contributed by atoms with Crippen LogP contribution in [0, 0.1) is 0 Å². The van der Waals surface area contributed by atoms with Crippen molar-refractivity contribution in [3.63, 3.8) is 0 Å². The summed E-state index contributed by atoms with van der Waals surface area (Å²) in [6.45, 7) is 1.10. The molecule has 0 bridgehead atoms. The third kappa shape index (κ3) is 2.61. The largest absolute Gasteiger partial charge is 0.306 e. The smallest absolute Gasteiger partial charge is 0.191 e. The summed E-state index contributed by atoms with van der Waals surface area (Å²) in [4.78, 5) is 0. The summed E-state index contributed by atoms with van der Waals surface area (Å²) in [5, 5.41) is 10.6. The molecule has 0 fully saturated rings. The van der Waals surface area contributed by atoms with Crippen LogP contribution in [0.2, 0.25) is 0 Å². The first-order valence-corrected chi connectivity index (χ1v) is 8.96. The monoisotopic (exact) mass is 299 g/mol. The predicted molar refractivity (Wildman–Crippen MR) is 85.6 cm³/mol. The first-order valence-electron chi connectivity index (χ1n) is 8.08. The van der Waals surface area contributed by atoms with E-state index in [1.807, 2.05) is 11.8 Å². The average Bonchev–Trinajstić information content (AvgIpc) is 2.75. The SMILES string of the molecule is c1ccc2c(c1)CCC[C@@H]2Sc1nnc2n1CCCCC2. The van der Waals surface area contributed by atoms with Crippen molar-refractivity contribution in [1.82, 2.24) is 14.8 Å². The van der Waals surface area contributed by atoms with Gasteiger partial charge in [0.15, 0.2) is 5.16 Å². The van der Waals surface area contributed by atoms with Gasteiger partial charge in [0.2, 0.25) is 0 Å². The molecule has 0 amide bonds. The Kier molecular flexibility index (Phi) is 3.72. The van der Waals surface area contributed by atoms with E-state index >= 15 is 0 Å². The number of fused-ring (bicyclic) bond motifs is 2. The maximum atomic E-state index is 4.48. The van der Waals surface area contributed by atoms with Crippen molar-refractivity contribution in [2.24, 2.45) is 0 Å². The van der Waals surface area contributed by atoms with Crippen LogP contribution >= 0.6 is 11.8 Å². The molecule has 21 heavy (non-hydrogen) atoms. The van der Waals surface area contributed by atoms with Gasteiger partial charge in [-0.05, 0) is 43.2 Å². The molecule has 1 aromatic carbocycles. The Morgan fingerprint density at radius 1 is 1.00 bits per heavy atom. The van der Waals surface area contributed by atoms with Crippen molar-refractivity contribution in [3.8, 4) is 0 Å². The highest BCUT2D eigenvalue weighted by molar-refractivity contribution is 7.99. The molecule has 0 spiro atoms. The van der Waals surface area contributed by atoms with E-state index in [1.54, 1.807) is 0 Å². The highest BCUT2D eigenvalue weighted by Crippen LogP contribution is 2.43. The fourth-order valence-corrected chi connectivity index (χ4v) is 4.81. The first-order chi connectivity index (χ1) is 10.4. The Morgan fingerprint density at radius 2 is 1.95 bits per heavy atom. The number of hydrogen-bond acceptors (Lipinski definition) is 3. The van der Waals surface area contributed by atoms with E-state index in [2.05, 4.69) is 39.0 Å². The average molecular weight is 299 g/mol. The second-order valence-electron chi connectivity index (χ2n) is 6.06. The minimum Gasteiger partial charge on any atom is -0.306 e. The maximum absolute atomic E-state index is 4.48. The molecule has 0 N–H and O–H groups in total. The molecule has 4 heteroatoms. The minimum atomic E-state index is 0.548. The lowest BCUT2D eigenvalue weighted by molar-refractivity contribution is 0.587. The second kappa shape index (κ2) is 5.84. The van der Waals surface area contributed by atoms with Crippen molar-refractivity contribution < 1.29 is 0 Å². The highest BCUT2D eigenvalue weighted by Gasteiger charge is 2.24. The van der Waals surface area contributed by atoms with Gasteiger partial charge in [0.1, 0.15) is 5.82 Å². The van der Waals surface area contributed by atoms with E-state index in [0.29, 0.717) is 5.25 Å². The van der Waals surface area contributed by atoms with E-state index in [4.69, 9.17) is 0 Å². The van der Waals surface area contributed by atoms with Gasteiger partial charge in [-0.3, -0.25) is 0 Å². The lowest BCUT2D eigenvalue weighted by atomic mass is 9.91. The van der Waals surface area contributed by atoms with Gasteiger partial charge in [0, 0.05) is 18.2 Å². The van der Waals surface area contributed by atoms with Crippen LogP contribution in [0.15, 0.2) is 29.4 Å². The molecule has 0 radical (unpaired) electrons. The quantitative estimate of drug-likeness (QED) is 0.833. The van der Waals surface area contributed by atoms with Gasteiger partial charge in [-0.1, -0.05) is 42.4 Å². The standard InChI is InChI=1S/C17H21N3S/c1-2-11-16-18-19-17(20(16)12-5-1)21-15-10-6-8-13-7-3-4-9-14(13)15/h3-4,7,9,15H,1-2,5-6,8,10-12H2/t15-/m0/s1. The number of benzene rings is 1. The summed E-state index contributed by atoms with van der Waals surface area (Å²) in [6, 6.07) is 8.91. The topological polar surface area (TPSA) is 30.7 Å². The summed E-state index contributed by atoms with van der Waals surface area (Å²) < 4.78 is 2.37. The third-order valence-corrected chi connectivity index (χ3v) is 5.92. The molecule has 1 atom stereocenters. The summed E-state index contributed by atoms with van der Waals surface area (Å²) in [7, 11) is 0. The van der Waals surface area contributed by atoms with Crippen LogP contribution in [0.4, 0.5) is 0 Å². The fraction of sp³-hybridized carbons (Fsp3) is 0.529. The Labute approximate surface area is 130 Å². The molecule has 2 aliphatic rings. The van der Waals surface area contributed by atoms with E-state index in [0.717, 1.165) is 18.1 Å². The molecule has 2 heterocycles. The minimum absolute atomic E-state index is 0.548. The molecule has 1 aromatic heterocycles. The fourth-order valence-electron chi connectivity index (χ4n) is 3.50. The molecule has 1 aliphatic carbocycles. The normalized spacial score (nSPS) is 21.4. The Balaban J connectivity index is 1.61. The van der Waals surface area contributed by atoms with Gasteiger partial charge < -0.3 is 4.57 Å². The Hall–Kier alpha value is -1.29. The zero-order chi connectivity index (χ0) is 14.1. The van der Waals surface area contributed by atoms with E-state index < -0.39 is 0 Å². The first kappa shape index (κ1) is 13.4. The second-order valence-corrected chi connectivity index (χ2v) is 7.23. The lowest BCUT2D eigenvalue weighted by Gasteiger charge is -2.24.